The molecule has 0 aliphatic rings. The van der Waals surface area contributed by atoms with Crippen molar-refractivity contribution in [2.24, 2.45) is 0 Å². The molecule has 0 radical (unpaired) electrons. The van der Waals surface area contributed by atoms with Gasteiger partial charge in [-0.15, -0.1) is 12.4 Å². The number of carbonyl (C=O) groups excluding carboxylic acids is 1. The van der Waals surface area contributed by atoms with E-state index in [1.54, 1.807) is 30.3 Å². The third kappa shape index (κ3) is 6.19. The van der Waals surface area contributed by atoms with Crippen molar-refractivity contribution in [3.8, 4) is 0 Å². The lowest BCUT2D eigenvalue weighted by Gasteiger charge is -2.21. The highest BCUT2D eigenvalue weighted by Crippen LogP contribution is 2.26. The topological polar surface area (TPSA) is 29.5 Å². The van der Waals surface area contributed by atoms with Gasteiger partial charge in [-0.1, -0.05) is 41.4 Å². The zero-order valence-corrected chi connectivity index (χ0v) is 16.8. The Morgan fingerprint density at radius 2 is 1.76 bits per heavy atom. The number of hydrogen-bond donors (Lipinski definition) is 0. The average molecular weight is 403 g/mol. The van der Waals surface area contributed by atoms with Gasteiger partial charge in [0.1, 0.15) is 6.10 Å². The zero-order valence-electron chi connectivity index (χ0n) is 14.5. The molecule has 2 aromatic carbocycles. The number of rotatable bonds is 6. The van der Waals surface area contributed by atoms with Crippen LogP contribution >= 0.6 is 35.6 Å². The number of ether oxygens (including phenoxy) is 1. The smallest absolute Gasteiger partial charge is 0.339 e. The molecule has 0 aromatic heterocycles. The maximum absolute atomic E-state index is 12.6. The summed E-state index contributed by atoms with van der Waals surface area (Å²) in [5, 5.41) is 1.21. The van der Waals surface area contributed by atoms with Gasteiger partial charge in [0.05, 0.1) is 5.56 Å². The summed E-state index contributed by atoms with van der Waals surface area (Å²) >= 11 is 12.1. The Morgan fingerprint density at radius 1 is 1.12 bits per heavy atom. The first-order valence-corrected chi connectivity index (χ1v) is 8.50. The number of hydrogen-bond acceptors (Lipinski definition) is 3. The van der Waals surface area contributed by atoms with Crippen LogP contribution in [0.5, 0.6) is 0 Å². The zero-order chi connectivity index (χ0) is 17.7. The number of carbonyl (C=O) groups is 1. The number of nitrogens with zero attached hydrogens (tertiary/aromatic N) is 1. The predicted molar refractivity (Wildman–Crippen MR) is 106 cm³/mol. The third-order valence-electron chi connectivity index (χ3n) is 3.82. The van der Waals surface area contributed by atoms with Crippen LogP contribution in [0, 0.1) is 6.92 Å². The first kappa shape index (κ1) is 21.8. The van der Waals surface area contributed by atoms with Crippen LogP contribution in [0.15, 0.2) is 42.5 Å². The molecule has 0 heterocycles. The van der Waals surface area contributed by atoms with Crippen LogP contribution in [-0.2, 0) is 4.74 Å². The standard InChI is InChI=1S/C19H21Cl2NO2.ClH/c1-13-16(5-4-6-17(13)21)19(23)24-18(11-12-22(2)3)14-7-9-15(20)10-8-14;/h4-10,18H,11-12H2,1-3H3;1H. The molecule has 1 unspecified atom stereocenters. The molecule has 136 valence electrons. The second-order valence-electron chi connectivity index (χ2n) is 5.95. The van der Waals surface area contributed by atoms with Crippen LogP contribution in [0.4, 0.5) is 0 Å². The van der Waals surface area contributed by atoms with Crippen LogP contribution in [0.3, 0.4) is 0 Å². The molecule has 6 heteroatoms. The summed E-state index contributed by atoms with van der Waals surface area (Å²) in [5.41, 5.74) is 2.15. The fourth-order valence-electron chi connectivity index (χ4n) is 2.37. The van der Waals surface area contributed by atoms with Crippen LogP contribution in [0.1, 0.15) is 34.0 Å². The summed E-state index contributed by atoms with van der Waals surface area (Å²) in [7, 11) is 3.98. The molecule has 1 atom stereocenters. The lowest BCUT2D eigenvalue weighted by Crippen LogP contribution is -2.19. The normalized spacial score (nSPS) is 11.8. The third-order valence-corrected chi connectivity index (χ3v) is 4.48. The molecular weight excluding hydrogens is 381 g/mol. The van der Waals surface area contributed by atoms with E-state index in [9.17, 15) is 4.79 Å². The van der Waals surface area contributed by atoms with E-state index in [0.29, 0.717) is 22.0 Å². The fourth-order valence-corrected chi connectivity index (χ4v) is 2.67. The van der Waals surface area contributed by atoms with Gasteiger partial charge in [-0.25, -0.2) is 4.79 Å². The van der Waals surface area contributed by atoms with Crippen LogP contribution in [0.25, 0.3) is 0 Å². The van der Waals surface area contributed by atoms with Crippen molar-refractivity contribution >= 4 is 41.6 Å². The summed E-state index contributed by atoms with van der Waals surface area (Å²) in [5.74, 6) is -0.367. The first-order valence-electron chi connectivity index (χ1n) is 7.74. The lowest BCUT2D eigenvalue weighted by atomic mass is 10.1. The molecule has 0 saturated carbocycles. The van der Waals surface area contributed by atoms with Gasteiger partial charge in [0.15, 0.2) is 0 Å². The van der Waals surface area contributed by atoms with Gasteiger partial charge in [0, 0.05) is 23.0 Å². The van der Waals surface area contributed by atoms with Gasteiger partial charge in [0.25, 0.3) is 0 Å². The highest BCUT2D eigenvalue weighted by molar-refractivity contribution is 6.31. The summed E-state index contributed by atoms with van der Waals surface area (Å²) in [6, 6.07) is 12.6. The Labute approximate surface area is 165 Å². The van der Waals surface area contributed by atoms with Crippen LogP contribution in [0.2, 0.25) is 10.0 Å². The molecule has 0 amide bonds. The van der Waals surface area contributed by atoms with Gasteiger partial charge in [0.2, 0.25) is 0 Å². The maximum atomic E-state index is 12.6. The Balaban J connectivity index is 0.00000312. The molecule has 2 rings (SSSR count). The lowest BCUT2D eigenvalue weighted by molar-refractivity contribution is 0.0260. The summed E-state index contributed by atoms with van der Waals surface area (Å²) in [4.78, 5) is 14.6. The van der Waals surface area contributed by atoms with E-state index in [-0.39, 0.29) is 24.5 Å². The van der Waals surface area contributed by atoms with E-state index in [1.165, 1.54) is 0 Å². The second-order valence-corrected chi connectivity index (χ2v) is 6.79. The van der Waals surface area contributed by atoms with Crippen molar-refractivity contribution in [1.82, 2.24) is 4.90 Å². The molecular formula is C19H22Cl3NO2. The van der Waals surface area contributed by atoms with E-state index < -0.39 is 0 Å². The molecule has 0 aliphatic heterocycles. The molecule has 25 heavy (non-hydrogen) atoms. The van der Waals surface area contributed by atoms with Crippen molar-refractivity contribution in [2.45, 2.75) is 19.4 Å². The maximum Gasteiger partial charge on any atom is 0.339 e. The fraction of sp³-hybridized carbons (Fsp3) is 0.316. The van der Waals surface area contributed by atoms with Crippen molar-refractivity contribution in [2.75, 3.05) is 20.6 Å². The van der Waals surface area contributed by atoms with Crippen molar-refractivity contribution in [3.63, 3.8) is 0 Å². The van der Waals surface area contributed by atoms with E-state index in [1.807, 2.05) is 33.2 Å². The van der Waals surface area contributed by atoms with Gasteiger partial charge < -0.3 is 9.64 Å². The minimum absolute atomic E-state index is 0. The first-order chi connectivity index (χ1) is 11.4. The van der Waals surface area contributed by atoms with E-state index in [4.69, 9.17) is 27.9 Å². The van der Waals surface area contributed by atoms with Gasteiger partial charge >= 0.3 is 5.97 Å². The highest BCUT2D eigenvalue weighted by atomic mass is 35.5. The molecule has 0 aliphatic carbocycles. The molecule has 0 N–H and O–H groups in total. The summed E-state index contributed by atoms with van der Waals surface area (Å²) < 4.78 is 5.78. The minimum Gasteiger partial charge on any atom is -0.454 e. The van der Waals surface area contributed by atoms with Crippen LogP contribution in [-0.4, -0.2) is 31.5 Å². The van der Waals surface area contributed by atoms with Crippen molar-refractivity contribution < 1.29 is 9.53 Å². The number of benzene rings is 2. The molecule has 0 saturated heterocycles. The molecule has 0 bridgehead atoms. The van der Waals surface area contributed by atoms with E-state index >= 15 is 0 Å². The largest absolute Gasteiger partial charge is 0.454 e. The van der Waals surface area contributed by atoms with Crippen molar-refractivity contribution in [1.29, 1.82) is 0 Å². The monoisotopic (exact) mass is 401 g/mol. The molecule has 2 aromatic rings. The second kappa shape index (κ2) is 10.0. The average Bonchev–Trinajstić information content (AvgIpc) is 2.54. The Hall–Kier alpha value is -1.26. The SMILES string of the molecule is Cc1c(Cl)cccc1C(=O)OC(CCN(C)C)c1ccc(Cl)cc1.Cl. The van der Waals surface area contributed by atoms with Crippen LogP contribution < -0.4 is 0 Å². The van der Waals surface area contributed by atoms with Crippen molar-refractivity contribution in [3.05, 3.63) is 69.2 Å². The Morgan fingerprint density at radius 3 is 2.36 bits per heavy atom. The van der Waals surface area contributed by atoms with Gasteiger partial charge in [-0.3, -0.25) is 0 Å². The highest BCUT2D eigenvalue weighted by Gasteiger charge is 2.20. The quantitative estimate of drug-likeness (QED) is 0.591. The number of halogens is 3. The minimum atomic E-state index is -0.367. The Bertz CT molecular complexity index is 702. The van der Waals surface area contributed by atoms with Gasteiger partial charge in [-0.2, -0.15) is 0 Å². The summed E-state index contributed by atoms with van der Waals surface area (Å²) in [6.45, 7) is 2.62. The van der Waals surface area contributed by atoms with E-state index in [0.717, 1.165) is 17.7 Å². The number of esters is 1. The van der Waals surface area contributed by atoms with E-state index in [2.05, 4.69) is 4.90 Å². The molecule has 0 fully saturated rings. The Kier molecular flexibility index (Phi) is 8.74. The molecule has 0 spiro atoms. The predicted octanol–water partition coefficient (Wildman–Crippen LogP) is 5.57. The summed E-state index contributed by atoms with van der Waals surface area (Å²) in [6.07, 6.45) is 0.357. The molecule has 3 nitrogen and oxygen atoms in total. The van der Waals surface area contributed by atoms with Gasteiger partial charge in [-0.05, 0) is 56.4 Å².